The van der Waals surface area contributed by atoms with E-state index >= 15 is 0 Å². The summed E-state index contributed by atoms with van der Waals surface area (Å²) in [7, 11) is 0. The molecule has 0 saturated carbocycles. The lowest BCUT2D eigenvalue weighted by atomic mass is 10.1. The molecule has 2 heteroatoms. The molecule has 0 aliphatic rings. The van der Waals surface area contributed by atoms with Crippen molar-refractivity contribution < 1.29 is 0 Å². The van der Waals surface area contributed by atoms with Gasteiger partial charge in [-0.25, -0.2) is 0 Å². The molecule has 0 radical (unpaired) electrons. The fourth-order valence-electron chi connectivity index (χ4n) is 1.88. The standard InChI is InChI=1S/C15H18BrN/c1-11(2)9-17-10-12-3-4-14-8-15(16)6-5-13(14)7-12/h3-8,11,17H,9-10H2,1-2H3. The van der Waals surface area contributed by atoms with Crippen LogP contribution in [-0.4, -0.2) is 6.54 Å². The number of fused-ring (bicyclic) bond motifs is 1. The largest absolute Gasteiger partial charge is 0.312 e. The molecule has 0 saturated heterocycles. The molecule has 0 bridgehead atoms. The molecule has 2 aromatic rings. The van der Waals surface area contributed by atoms with Gasteiger partial charge in [0, 0.05) is 11.0 Å². The van der Waals surface area contributed by atoms with Crippen molar-refractivity contribution in [2.75, 3.05) is 6.54 Å². The van der Waals surface area contributed by atoms with E-state index in [0.29, 0.717) is 5.92 Å². The quantitative estimate of drug-likeness (QED) is 0.883. The molecule has 2 aromatic carbocycles. The van der Waals surface area contributed by atoms with Gasteiger partial charge in [-0.2, -0.15) is 0 Å². The summed E-state index contributed by atoms with van der Waals surface area (Å²) in [6.07, 6.45) is 0. The minimum atomic E-state index is 0.700. The van der Waals surface area contributed by atoms with E-state index < -0.39 is 0 Å². The summed E-state index contributed by atoms with van der Waals surface area (Å²) in [4.78, 5) is 0. The first-order chi connectivity index (χ1) is 8.15. The predicted molar refractivity (Wildman–Crippen MR) is 78.2 cm³/mol. The summed E-state index contributed by atoms with van der Waals surface area (Å²) in [5.41, 5.74) is 1.35. The van der Waals surface area contributed by atoms with Crippen LogP contribution in [0.1, 0.15) is 19.4 Å². The lowest BCUT2D eigenvalue weighted by Crippen LogP contribution is -2.18. The molecule has 1 nitrogen and oxygen atoms in total. The molecule has 0 aliphatic heterocycles. The molecule has 2 rings (SSSR count). The van der Waals surface area contributed by atoms with E-state index in [2.05, 4.69) is 71.5 Å². The van der Waals surface area contributed by atoms with Crippen LogP contribution in [0.3, 0.4) is 0 Å². The summed E-state index contributed by atoms with van der Waals surface area (Å²) in [6.45, 7) is 6.47. The van der Waals surface area contributed by atoms with Crippen molar-refractivity contribution in [1.82, 2.24) is 5.32 Å². The first-order valence-corrected chi connectivity index (χ1v) is 6.83. The molecule has 17 heavy (non-hydrogen) atoms. The van der Waals surface area contributed by atoms with Crippen molar-refractivity contribution in [2.45, 2.75) is 20.4 Å². The van der Waals surface area contributed by atoms with Gasteiger partial charge in [-0.15, -0.1) is 0 Å². The van der Waals surface area contributed by atoms with Crippen molar-refractivity contribution in [1.29, 1.82) is 0 Å². The SMILES string of the molecule is CC(C)CNCc1ccc2cc(Br)ccc2c1. The summed E-state index contributed by atoms with van der Waals surface area (Å²) in [5.74, 6) is 0.700. The van der Waals surface area contributed by atoms with Crippen LogP contribution >= 0.6 is 15.9 Å². The van der Waals surface area contributed by atoms with Gasteiger partial charge in [0.2, 0.25) is 0 Å². The fourth-order valence-corrected chi connectivity index (χ4v) is 2.26. The molecule has 0 heterocycles. The Bertz CT molecular complexity index is 505. The Labute approximate surface area is 111 Å². The zero-order valence-electron chi connectivity index (χ0n) is 10.3. The Morgan fingerprint density at radius 3 is 2.53 bits per heavy atom. The highest BCUT2D eigenvalue weighted by molar-refractivity contribution is 9.10. The Balaban J connectivity index is 2.12. The Kier molecular flexibility index (Phi) is 4.19. The van der Waals surface area contributed by atoms with Crippen LogP contribution in [0.15, 0.2) is 40.9 Å². The minimum Gasteiger partial charge on any atom is -0.312 e. The van der Waals surface area contributed by atoms with Crippen molar-refractivity contribution >= 4 is 26.7 Å². The lowest BCUT2D eigenvalue weighted by molar-refractivity contribution is 0.552. The highest BCUT2D eigenvalue weighted by Gasteiger charge is 1.98. The Hall–Kier alpha value is -0.860. The smallest absolute Gasteiger partial charge is 0.0205 e. The van der Waals surface area contributed by atoms with Gasteiger partial charge in [-0.1, -0.05) is 48.0 Å². The van der Waals surface area contributed by atoms with Gasteiger partial charge in [0.05, 0.1) is 0 Å². The maximum absolute atomic E-state index is 3.50. The molecule has 90 valence electrons. The van der Waals surface area contributed by atoms with E-state index in [-0.39, 0.29) is 0 Å². The predicted octanol–water partition coefficient (Wildman–Crippen LogP) is 4.35. The van der Waals surface area contributed by atoms with E-state index in [1.165, 1.54) is 16.3 Å². The van der Waals surface area contributed by atoms with Crippen LogP contribution in [0.25, 0.3) is 10.8 Å². The molecular formula is C15H18BrN. The third kappa shape index (κ3) is 3.55. The van der Waals surface area contributed by atoms with Crippen LogP contribution in [0.2, 0.25) is 0 Å². The second kappa shape index (κ2) is 5.65. The summed E-state index contributed by atoms with van der Waals surface area (Å²) >= 11 is 3.50. The highest BCUT2D eigenvalue weighted by atomic mass is 79.9. The van der Waals surface area contributed by atoms with E-state index in [1.54, 1.807) is 0 Å². The lowest BCUT2D eigenvalue weighted by Gasteiger charge is -2.08. The number of hydrogen-bond donors (Lipinski definition) is 1. The monoisotopic (exact) mass is 291 g/mol. The highest BCUT2D eigenvalue weighted by Crippen LogP contribution is 2.20. The molecule has 0 spiro atoms. The summed E-state index contributed by atoms with van der Waals surface area (Å²) < 4.78 is 1.13. The Morgan fingerprint density at radius 2 is 1.76 bits per heavy atom. The maximum atomic E-state index is 3.50. The van der Waals surface area contributed by atoms with Gasteiger partial charge < -0.3 is 5.32 Å². The third-order valence-electron chi connectivity index (χ3n) is 2.75. The first-order valence-electron chi connectivity index (χ1n) is 6.04. The van der Waals surface area contributed by atoms with Gasteiger partial charge in [-0.05, 0) is 47.0 Å². The van der Waals surface area contributed by atoms with Crippen LogP contribution in [0, 0.1) is 5.92 Å². The summed E-state index contributed by atoms with van der Waals surface area (Å²) in [5, 5.41) is 6.06. The van der Waals surface area contributed by atoms with Gasteiger partial charge in [-0.3, -0.25) is 0 Å². The zero-order chi connectivity index (χ0) is 12.3. The normalized spacial score (nSPS) is 11.3. The average molecular weight is 292 g/mol. The molecule has 0 atom stereocenters. The average Bonchev–Trinajstić information content (AvgIpc) is 2.29. The van der Waals surface area contributed by atoms with Gasteiger partial charge in [0.25, 0.3) is 0 Å². The summed E-state index contributed by atoms with van der Waals surface area (Å²) in [6, 6.07) is 13.0. The van der Waals surface area contributed by atoms with Crippen molar-refractivity contribution in [3.8, 4) is 0 Å². The number of nitrogens with one attached hydrogen (secondary N) is 1. The van der Waals surface area contributed by atoms with Crippen molar-refractivity contribution in [3.05, 3.63) is 46.4 Å². The molecule has 0 fully saturated rings. The minimum absolute atomic E-state index is 0.700. The number of benzene rings is 2. The molecule has 0 amide bonds. The number of halogens is 1. The third-order valence-corrected chi connectivity index (χ3v) is 3.24. The number of hydrogen-bond acceptors (Lipinski definition) is 1. The van der Waals surface area contributed by atoms with E-state index in [0.717, 1.165) is 17.6 Å². The first kappa shape index (κ1) is 12.6. The van der Waals surface area contributed by atoms with E-state index in [4.69, 9.17) is 0 Å². The van der Waals surface area contributed by atoms with E-state index in [9.17, 15) is 0 Å². The van der Waals surface area contributed by atoms with Gasteiger partial charge in [0.1, 0.15) is 0 Å². The number of rotatable bonds is 4. The van der Waals surface area contributed by atoms with Crippen molar-refractivity contribution in [2.24, 2.45) is 5.92 Å². The van der Waals surface area contributed by atoms with Crippen LogP contribution in [0.4, 0.5) is 0 Å². The van der Waals surface area contributed by atoms with Gasteiger partial charge >= 0.3 is 0 Å². The topological polar surface area (TPSA) is 12.0 Å². The fraction of sp³-hybridized carbons (Fsp3) is 0.333. The van der Waals surface area contributed by atoms with Crippen LogP contribution < -0.4 is 5.32 Å². The molecule has 0 unspecified atom stereocenters. The van der Waals surface area contributed by atoms with Crippen LogP contribution in [-0.2, 0) is 6.54 Å². The maximum Gasteiger partial charge on any atom is 0.0205 e. The van der Waals surface area contributed by atoms with Gasteiger partial charge in [0.15, 0.2) is 0 Å². The zero-order valence-corrected chi connectivity index (χ0v) is 11.9. The van der Waals surface area contributed by atoms with Crippen LogP contribution in [0.5, 0.6) is 0 Å². The molecule has 0 aliphatic carbocycles. The second-order valence-corrected chi connectivity index (χ2v) is 5.77. The van der Waals surface area contributed by atoms with Crippen molar-refractivity contribution in [3.63, 3.8) is 0 Å². The Morgan fingerprint density at radius 1 is 1.06 bits per heavy atom. The molecule has 1 N–H and O–H groups in total. The molecule has 0 aromatic heterocycles. The molecular weight excluding hydrogens is 274 g/mol. The van der Waals surface area contributed by atoms with E-state index in [1.807, 2.05) is 0 Å². The second-order valence-electron chi connectivity index (χ2n) is 4.85.